The summed E-state index contributed by atoms with van der Waals surface area (Å²) >= 11 is 1.89. The molecule has 0 fully saturated rings. The first-order valence-corrected chi connectivity index (χ1v) is 12.1. The number of fused-ring (bicyclic) bond motifs is 2. The molecule has 0 amide bonds. The van der Waals surface area contributed by atoms with Crippen molar-refractivity contribution < 1.29 is 22.1 Å². The highest BCUT2D eigenvalue weighted by atomic mass is 32.2. The first-order valence-electron chi connectivity index (χ1n) is 9.97. The van der Waals surface area contributed by atoms with E-state index in [0.717, 1.165) is 25.5 Å². The molecule has 0 spiro atoms. The third kappa shape index (κ3) is 9.00. The minimum absolute atomic E-state index is 0.0537. The summed E-state index contributed by atoms with van der Waals surface area (Å²) in [7, 11) is -5.95. The minimum Gasteiger partial charge on any atom is -0.418 e. The fraction of sp³-hybridized carbons (Fsp3) is 0.318. The largest absolute Gasteiger partial charge is 0.673 e. The molecule has 0 radical (unpaired) electrons. The summed E-state index contributed by atoms with van der Waals surface area (Å²) in [5, 5.41) is 2.42. The lowest BCUT2D eigenvalue weighted by Crippen LogP contribution is -2.07. The molecule has 3 rings (SSSR count). The van der Waals surface area contributed by atoms with Gasteiger partial charge in [0, 0.05) is 6.42 Å². The van der Waals surface area contributed by atoms with Crippen LogP contribution in [0.25, 0.3) is 0 Å². The summed E-state index contributed by atoms with van der Waals surface area (Å²) in [5.74, 6) is 0. The van der Waals surface area contributed by atoms with Crippen LogP contribution in [0.2, 0.25) is 0 Å². The fourth-order valence-electron chi connectivity index (χ4n) is 3.00. The Morgan fingerprint density at radius 3 is 1.77 bits per heavy atom. The Balaban J connectivity index is 0.000000575. The standard InChI is InChI=1S/C22H25OS2.BF4/c23-17-11-5-3-1-2-4-6-12-18-25-21-15-9-7-13-19(21)24-20-14-8-10-16-22(20)25;2-1(3,4)5/h7-10,12-18H,1-6,11H2;/q+1;-1. The van der Waals surface area contributed by atoms with Gasteiger partial charge in [-0.1, -0.05) is 55.3 Å². The maximum Gasteiger partial charge on any atom is 0.673 e. The molecule has 1 aliphatic heterocycles. The van der Waals surface area contributed by atoms with E-state index in [1.165, 1.54) is 45.3 Å². The van der Waals surface area contributed by atoms with Gasteiger partial charge in [0.1, 0.15) is 11.7 Å². The number of benzene rings is 2. The Labute approximate surface area is 182 Å². The molecule has 30 heavy (non-hydrogen) atoms. The number of rotatable bonds is 9. The van der Waals surface area contributed by atoms with Crippen LogP contribution >= 0.6 is 11.8 Å². The number of halogens is 4. The molecule has 0 saturated heterocycles. The molecule has 0 saturated carbocycles. The Kier molecular flexibility index (Phi) is 10.6. The molecule has 2 aromatic carbocycles. The van der Waals surface area contributed by atoms with Crippen LogP contribution in [0.15, 0.2) is 79.6 Å². The fourth-order valence-corrected chi connectivity index (χ4v) is 6.54. The number of aldehydes is 1. The Morgan fingerprint density at radius 1 is 0.767 bits per heavy atom. The van der Waals surface area contributed by atoms with E-state index in [2.05, 4.69) is 60.0 Å². The van der Waals surface area contributed by atoms with E-state index < -0.39 is 7.25 Å². The average molecular weight is 456 g/mol. The van der Waals surface area contributed by atoms with Crippen molar-refractivity contribution in [2.45, 2.75) is 64.5 Å². The van der Waals surface area contributed by atoms with Crippen molar-refractivity contribution in [3.05, 3.63) is 60.0 Å². The Bertz CT molecular complexity index is 775. The van der Waals surface area contributed by atoms with Crippen LogP contribution in [0, 0.1) is 0 Å². The highest BCUT2D eigenvalue weighted by Gasteiger charge is 2.33. The predicted molar refractivity (Wildman–Crippen MR) is 119 cm³/mol. The average Bonchev–Trinajstić information content (AvgIpc) is 2.70. The van der Waals surface area contributed by atoms with E-state index in [9.17, 15) is 22.1 Å². The molecule has 0 aromatic heterocycles. The summed E-state index contributed by atoms with van der Waals surface area (Å²) in [6.07, 6.45) is 11.3. The Hall–Kier alpha value is -1.67. The number of unbranched alkanes of at least 4 members (excludes halogenated alkanes) is 6. The zero-order valence-electron chi connectivity index (χ0n) is 16.6. The molecule has 0 atom stereocenters. The molecular formula is C22H25BF4OS2. The van der Waals surface area contributed by atoms with E-state index in [1.54, 1.807) is 0 Å². The van der Waals surface area contributed by atoms with Gasteiger partial charge in [-0.25, -0.2) is 0 Å². The van der Waals surface area contributed by atoms with Crippen LogP contribution in [0.3, 0.4) is 0 Å². The summed E-state index contributed by atoms with van der Waals surface area (Å²) in [6, 6.07) is 17.6. The predicted octanol–water partition coefficient (Wildman–Crippen LogP) is 7.93. The molecule has 0 N–H and O–H groups in total. The van der Waals surface area contributed by atoms with E-state index in [1.807, 2.05) is 11.8 Å². The molecule has 0 bridgehead atoms. The number of hydrogen-bond acceptors (Lipinski definition) is 2. The molecule has 1 aliphatic rings. The SMILES string of the molecule is F[B-](F)(F)F.O=CCCCCCCCC=C[S+]1c2ccccc2Sc2ccccc21. The maximum absolute atomic E-state index is 10.3. The number of hydrogen-bond donors (Lipinski definition) is 0. The van der Waals surface area contributed by atoms with Crippen LogP contribution in [0.4, 0.5) is 17.3 Å². The van der Waals surface area contributed by atoms with Crippen molar-refractivity contribution in [1.82, 2.24) is 0 Å². The molecule has 8 heteroatoms. The van der Waals surface area contributed by atoms with Gasteiger partial charge in [0.05, 0.1) is 20.7 Å². The quantitative estimate of drug-likeness (QED) is 0.125. The highest BCUT2D eigenvalue weighted by molar-refractivity contribution is 8.05. The van der Waals surface area contributed by atoms with Gasteiger partial charge < -0.3 is 22.1 Å². The van der Waals surface area contributed by atoms with Crippen LogP contribution in [0.5, 0.6) is 0 Å². The lowest BCUT2D eigenvalue weighted by atomic mass is 10.1. The summed E-state index contributed by atoms with van der Waals surface area (Å²) in [6.45, 7) is 0. The first kappa shape index (κ1) is 24.6. The normalized spacial score (nSPS) is 13.3. The Morgan fingerprint density at radius 2 is 1.23 bits per heavy atom. The molecule has 0 aliphatic carbocycles. The van der Waals surface area contributed by atoms with Gasteiger partial charge >= 0.3 is 7.25 Å². The molecule has 162 valence electrons. The van der Waals surface area contributed by atoms with Gasteiger partial charge in [-0.2, -0.15) is 0 Å². The van der Waals surface area contributed by atoms with Crippen LogP contribution in [0.1, 0.15) is 44.9 Å². The molecular weight excluding hydrogens is 431 g/mol. The second kappa shape index (κ2) is 12.9. The first-order chi connectivity index (χ1) is 14.4. The number of carbonyl (C=O) groups excluding carboxylic acids is 1. The van der Waals surface area contributed by atoms with Crippen molar-refractivity contribution >= 4 is 36.2 Å². The van der Waals surface area contributed by atoms with Gasteiger partial charge in [0.25, 0.3) is 0 Å². The third-order valence-corrected chi connectivity index (χ3v) is 7.85. The summed E-state index contributed by atoms with van der Waals surface area (Å²) < 4.78 is 39.0. The van der Waals surface area contributed by atoms with Crippen molar-refractivity contribution in [2.75, 3.05) is 0 Å². The maximum atomic E-state index is 10.3. The molecule has 1 nitrogen and oxygen atoms in total. The van der Waals surface area contributed by atoms with Gasteiger partial charge in [-0.05, 0) is 49.6 Å². The van der Waals surface area contributed by atoms with Gasteiger partial charge in [-0.3, -0.25) is 0 Å². The van der Waals surface area contributed by atoms with Gasteiger partial charge in [0.15, 0.2) is 9.79 Å². The topological polar surface area (TPSA) is 17.1 Å². The minimum atomic E-state index is -6.00. The smallest absolute Gasteiger partial charge is 0.418 e. The van der Waals surface area contributed by atoms with E-state index in [-0.39, 0.29) is 10.9 Å². The van der Waals surface area contributed by atoms with E-state index >= 15 is 0 Å². The third-order valence-electron chi connectivity index (χ3n) is 4.32. The van der Waals surface area contributed by atoms with Gasteiger partial charge in [0.2, 0.25) is 0 Å². The van der Waals surface area contributed by atoms with Crippen molar-refractivity contribution in [3.8, 4) is 0 Å². The second-order valence-electron chi connectivity index (χ2n) is 6.71. The van der Waals surface area contributed by atoms with E-state index in [4.69, 9.17) is 0 Å². The summed E-state index contributed by atoms with van der Waals surface area (Å²) in [4.78, 5) is 16.0. The highest BCUT2D eigenvalue weighted by Crippen LogP contribution is 2.45. The summed E-state index contributed by atoms with van der Waals surface area (Å²) in [5.41, 5.74) is 0. The molecule has 1 heterocycles. The number of carbonyl (C=O) groups is 1. The lowest BCUT2D eigenvalue weighted by Gasteiger charge is -2.16. The van der Waals surface area contributed by atoms with Crippen LogP contribution < -0.4 is 0 Å². The lowest BCUT2D eigenvalue weighted by molar-refractivity contribution is -0.107. The molecule has 0 unspecified atom stereocenters. The second-order valence-corrected chi connectivity index (χ2v) is 9.62. The van der Waals surface area contributed by atoms with Crippen molar-refractivity contribution in [3.63, 3.8) is 0 Å². The van der Waals surface area contributed by atoms with Crippen molar-refractivity contribution in [1.29, 1.82) is 0 Å². The number of allylic oxidation sites excluding steroid dienone is 1. The van der Waals surface area contributed by atoms with Crippen LogP contribution in [-0.4, -0.2) is 13.5 Å². The zero-order valence-corrected chi connectivity index (χ0v) is 18.2. The monoisotopic (exact) mass is 456 g/mol. The van der Waals surface area contributed by atoms with E-state index in [0.29, 0.717) is 0 Å². The zero-order chi connectivity index (χ0) is 21.8. The van der Waals surface area contributed by atoms with Gasteiger partial charge in [-0.15, -0.1) is 0 Å². The van der Waals surface area contributed by atoms with Crippen LogP contribution in [-0.2, 0) is 15.7 Å². The molecule has 2 aromatic rings. The van der Waals surface area contributed by atoms with Crippen molar-refractivity contribution in [2.24, 2.45) is 0 Å².